The highest BCUT2D eigenvalue weighted by atomic mass is 16.5. The SMILES string of the molecule is COCc1ccccc1NCCOc1ccc(OC)cc1. The topological polar surface area (TPSA) is 39.7 Å². The number of hydrogen-bond acceptors (Lipinski definition) is 4. The van der Waals surface area contributed by atoms with Gasteiger partial charge >= 0.3 is 0 Å². The molecule has 2 rings (SSSR count). The van der Waals surface area contributed by atoms with Crippen molar-refractivity contribution in [3.63, 3.8) is 0 Å². The van der Waals surface area contributed by atoms with Crippen LogP contribution < -0.4 is 14.8 Å². The summed E-state index contributed by atoms with van der Waals surface area (Å²) in [6.45, 7) is 1.92. The van der Waals surface area contributed by atoms with Gasteiger partial charge in [-0.2, -0.15) is 0 Å². The molecule has 0 aliphatic heterocycles. The lowest BCUT2D eigenvalue weighted by Crippen LogP contribution is -2.12. The van der Waals surface area contributed by atoms with E-state index in [1.165, 1.54) is 0 Å². The lowest BCUT2D eigenvalue weighted by atomic mass is 10.2. The highest BCUT2D eigenvalue weighted by Crippen LogP contribution is 2.17. The third kappa shape index (κ3) is 4.68. The molecule has 4 heteroatoms. The largest absolute Gasteiger partial charge is 0.497 e. The summed E-state index contributed by atoms with van der Waals surface area (Å²) in [6.07, 6.45) is 0. The van der Waals surface area contributed by atoms with Crippen LogP contribution in [0, 0.1) is 0 Å². The fraction of sp³-hybridized carbons (Fsp3) is 0.294. The summed E-state index contributed by atoms with van der Waals surface area (Å²) in [5.74, 6) is 1.66. The summed E-state index contributed by atoms with van der Waals surface area (Å²) in [4.78, 5) is 0. The van der Waals surface area contributed by atoms with E-state index in [1.807, 2.05) is 42.5 Å². The quantitative estimate of drug-likeness (QED) is 0.756. The van der Waals surface area contributed by atoms with Crippen molar-refractivity contribution in [1.29, 1.82) is 0 Å². The number of hydrogen-bond donors (Lipinski definition) is 1. The Balaban J connectivity index is 1.79. The molecule has 0 fully saturated rings. The summed E-state index contributed by atoms with van der Waals surface area (Å²) in [5.41, 5.74) is 2.22. The molecule has 0 aliphatic carbocycles. The van der Waals surface area contributed by atoms with Gasteiger partial charge in [0.25, 0.3) is 0 Å². The fourth-order valence-corrected chi connectivity index (χ4v) is 2.00. The Hall–Kier alpha value is -2.20. The first-order valence-electron chi connectivity index (χ1n) is 6.91. The zero-order valence-electron chi connectivity index (χ0n) is 12.5. The van der Waals surface area contributed by atoms with Crippen LogP contribution in [-0.2, 0) is 11.3 Å². The molecule has 0 bridgehead atoms. The van der Waals surface area contributed by atoms with Crippen molar-refractivity contribution in [2.45, 2.75) is 6.61 Å². The van der Waals surface area contributed by atoms with E-state index < -0.39 is 0 Å². The Morgan fingerprint density at radius 3 is 2.33 bits per heavy atom. The van der Waals surface area contributed by atoms with Crippen LogP contribution in [0.1, 0.15) is 5.56 Å². The Morgan fingerprint density at radius 1 is 0.905 bits per heavy atom. The van der Waals surface area contributed by atoms with E-state index in [2.05, 4.69) is 11.4 Å². The summed E-state index contributed by atoms with van der Waals surface area (Å²) in [5, 5.41) is 3.36. The molecule has 0 saturated heterocycles. The van der Waals surface area contributed by atoms with E-state index in [0.29, 0.717) is 13.2 Å². The molecule has 0 amide bonds. The number of para-hydroxylation sites is 1. The van der Waals surface area contributed by atoms with Gasteiger partial charge in [-0.1, -0.05) is 18.2 Å². The second-order valence-electron chi connectivity index (χ2n) is 4.54. The van der Waals surface area contributed by atoms with Gasteiger partial charge in [0.1, 0.15) is 18.1 Å². The number of benzene rings is 2. The predicted molar refractivity (Wildman–Crippen MR) is 84.1 cm³/mol. The van der Waals surface area contributed by atoms with E-state index >= 15 is 0 Å². The van der Waals surface area contributed by atoms with Crippen molar-refractivity contribution in [2.24, 2.45) is 0 Å². The molecule has 0 atom stereocenters. The third-order valence-corrected chi connectivity index (χ3v) is 3.06. The van der Waals surface area contributed by atoms with Crippen LogP contribution in [-0.4, -0.2) is 27.4 Å². The van der Waals surface area contributed by atoms with Crippen molar-refractivity contribution in [1.82, 2.24) is 0 Å². The van der Waals surface area contributed by atoms with Crippen molar-refractivity contribution < 1.29 is 14.2 Å². The normalized spacial score (nSPS) is 10.2. The van der Waals surface area contributed by atoms with E-state index in [4.69, 9.17) is 14.2 Å². The van der Waals surface area contributed by atoms with Crippen molar-refractivity contribution in [3.8, 4) is 11.5 Å². The molecular weight excluding hydrogens is 266 g/mol. The van der Waals surface area contributed by atoms with Crippen LogP contribution in [0.4, 0.5) is 5.69 Å². The molecule has 0 heterocycles. The average Bonchev–Trinajstić information content (AvgIpc) is 2.54. The van der Waals surface area contributed by atoms with Crippen LogP contribution in [0.3, 0.4) is 0 Å². The first-order valence-corrected chi connectivity index (χ1v) is 6.91. The summed E-state index contributed by atoms with van der Waals surface area (Å²) in [7, 11) is 3.35. The van der Waals surface area contributed by atoms with E-state index in [0.717, 1.165) is 29.3 Å². The van der Waals surface area contributed by atoms with Gasteiger partial charge in [0.05, 0.1) is 13.7 Å². The minimum absolute atomic E-state index is 0.591. The molecule has 0 unspecified atom stereocenters. The van der Waals surface area contributed by atoms with Gasteiger partial charge in [-0.15, -0.1) is 0 Å². The molecule has 0 radical (unpaired) electrons. The molecule has 1 N–H and O–H groups in total. The lowest BCUT2D eigenvalue weighted by molar-refractivity contribution is 0.185. The molecular formula is C17H21NO3. The number of nitrogens with one attached hydrogen (secondary N) is 1. The van der Waals surface area contributed by atoms with E-state index in [-0.39, 0.29) is 0 Å². The molecule has 0 aromatic heterocycles. The fourth-order valence-electron chi connectivity index (χ4n) is 2.00. The van der Waals surface area contributed by atoms with Crippen LogP contribution >= 0.6 is 0 Å². The van der Waals surface area contributed by atoms with Crippen LogP contribution in [0.5, 0.6) is 11.5 Å². The van der Waals surface area contributed by atoms with Crippen LogP contribution in [0.2, 0.25) is 0 Å². The first kappa shape index (κ1) is 15.2. The molecule has 0 aliphatic rings. The van der Waals surface area contributed by atoms with Gasteiger partial charge < -0.3 is 19.5 Å². The number of rotatable bonds is 8. The Morgan fingerprint density at radius 2 is 1.62 bits per heavy atom. The molecule has 0 saturated carbocycles. The average molecular weight is 287 g/mol. The Labute approximate surface area is 125 Å². The van der Waals surface area contributed by atoms with Crippen molar-refractivity contribution >= 4 is 5.69 Å². The van der Waals surface area contributed by atoms with E-state index in [1.54, 1.807) is 14.2 Å². The van der Waals surface area contributed by atoms with Gasteiger partial charge in [0, 0.05) is 24.9 Å². The highest BCUT2D eigenvalue weighted by Gasteiger charge is 2.00. The maximum atomic E-state index is 5.68. The molecule has 4 nitrogen and oxygen atoms in total. The molecule has 2 aromatic carbocycles. The summed E-state index contributed by atoms with van der Waals surface area (Å²) in [6, 6.07) is 15.7. The zero-order chi connectivity index (χ0) is 14.9. The maximum Gasteiger partial charge on any atom is 0.119 e. The van der Waals surface area contributed by atoms with Gasteiger partial charge in [-0.05, 0) is 30.3 Å². The molecule has 112 valence electrons. The zero-order valence-corrected chi connectivity index (χ0v) is 12.5. The number of ether oxygens (including phenoxy) is 3. The first-order chi connectivity index (χ1) is 10.3. The minimum atomic E-state index is 0.591. The van der Waals surface area contributed by atoms with Crippen molar-refractivity contribution in [3.05, 3.63) is 54.1 Å². The van der Waals surface area contributed by atoms with Gasteiger partial charge in [-0.3, -0.25) is 0 Å². The van der Waals surface area contributed by atoms with Gasteiger partial charge in [-0.25, -0.2) is 0 Å². The van der Waals surface area contributed by atoms with Gasteiger partial charge in [0.15, 0.2) is 0 Å². The second-order valence-corrected chi connectivity index (χ2v) is 4.54. The summed E-state index contributed by atoms with van der Waals surface area (Å²) >= 11 is 0. The summed E-state index contributed by atoms with van der Waals surface area (Å²) < 4.78 is 16.0. The smallest absolute Gasteiger partial charge is 0.119 e. The van der Waals surface area contributed by atoms with Crippen LogP contribution in [0.15, 0.2) is 48.5 Å². The standard InChI is InChI=1S/C17H21NO3/c1-19-13-14-5-3-4-6-17(14)18-11-12-21-16-9-7-15(20-2)8-10-16/h3-10,18H,11-13H2,1-2H3. The molecule has 2 aromatic rings. The lowest BCUT2D eigenvalue weighted by Gasteiger charge is -2.12. The third-order valence-electron chi connectivity index (χ3n) is 3.06. The van der Waals surface area contributed by atoms with E-state index in [9.17, 15) is 0 Å². The predicted octanol–water partition coefficient (Wildman–Crippen LogP) is 3.33. The van der Waals surface area contributed by atoms with Gasteiger partial charge in [0.2, 0.25) is 0 Å². The minimum Gasteiger partial charge on any atom is -0.497 e. The number of methoxy groups -OCH3 is 2. The molecule has 0 spiro atoms. The monoisotopic (exact) mass is 287 g/mol. The van der Waals surface area contributed by atoms with Crippen LogP contribution in [0.25, 0.3) is 0 Å². The Bertz CT molecular complexity index is 540. The highest BCUT2D eigenvalue weighted by molar-refractivity contribution is 5.50. The molecule has 21 heavy (non-hydrogen) atoms. The number of anilines is 1. The maximum absolute atomic E-state index is 5.68. The second kappa shape index (κ2) is 8.17. The Kier molecular flexibility index (Phi) is 5.91. The van der Waals surface area contributed by atoms with Crippen molar-refractivity contribution in [2.75, 3.05) is 32.7 Å².